The highest BCUT2D eigenvalue weighted by Gasteiger charge is 2.62. The predicted molar refractivity (Wildman–Crippen MR) is 70.9 cm³/mol. The molecule has 5 heteroatoms. The number of amides is 1. The smallest absolute Gasteiger partial charge is 0.407 e. The van der Waals surface area contributed by atoms with E-state index in [4.69, 9.17) is 9.84 Å². The molecule has 0 bridgehead atoms. The zero-order valence-corrected chi connectivity index (χ0v) is 11.0. The molecule has 4 unspecified atom stereocenters. The second-order valence-corrected chi connectivity index (χ2v) is 5.50. The predicted octanol–water partition coefficient (Wildman–Crippen LogP) is 2.02. The average molecular weight is 275 g/mol. The van der Waals surface area contributed by atoms with Crippen LogP contribution in [-0.2, 0) is 16.1 Å². The summed E-state index contributed by atoms with van der Waals surface area (Å²) >= 11 is 0. The molecule has 5 nitrogen and oxygen atoms in total. The van der Waals surface area contributed by atoms with Crippen LogP contribution in [0, 0.1) is 17.8 Å². The lowest BCUT2D eigenvalue weighted by molar-refractivity contribution is -0.139. The van der Waals surface area contributed by atoms with Crippen LogP contribution in [0.3, 0.4) is 0 Å². The van der Waals surface area contributed by atoms with E-state index in [-0.39, 0.29) is 30.4 Å². The largest absolute Gasteiger partial charge is 0.481 e. The molecule has 0 saturated heterocycles. The lowest BCUT2D eigenvalue weighted by atomic mass is 10.1. The van der Waals surface area contributed by atoms with Crippen LogP contribution in [0.4, 0.5) is 4.79 Å². The van der Waals surface area contributed by atoms with E-state index in [0.717, 1.165) is 18.4 Å². The van der Waals surface area contributed by atoms with Gasteiger partial charge in [0.25, 0.3) is 0 Å². The summed E-state index contributed by atoms with van der Waals surface area (Å²) in [6.07, 6.45) is 1.26. The first-order valence-corrected chi connectivity index (χ1v) is 6.87. The Balaban J connectivity index is 1.47. The van der Waals surface area contributed by atoms with Crippen LogP contribution in [-0.4, -0.2) is 23.2 Å². The standard InChI is InChI=1S/C15H17NO4/c17-14(18)13-10-6-7-11(12(10)13)16-15(19)20-8-9-4-2-1-3-5-9/h1-5,10-13H,6-8H2,(H,16,19)(H,17,18). The van der Waals surface area contributed by atoms with Crippen LogP contribution >= 0.6 is 0 Å². The van der Waals surface area contributed by atoms with Crippen molar-refractivity contribution in [3.8, 4) is 0 Å². The Morgan fingerprint density at radius 1 is 1.25 bits per heavy atom. The van der Waals surface area contributed by atoms with Gasteiger partial charge >= 0.3 is 12.1 Å². The molecule has 2 N–H and O–H groups in total. The number of ether oxygens (including phenoxy) is 1. The summed E-state index contributed by atoms with van der Waals surface area (Å²) in [6.45, 7) is 0.232. The molecule has 0 aromatic heterocycles. The molecule has 1 aromatic carbocycles. The van der Waals surface area contributed by atoms with Crippen LogP contribution in [0.5, 0.6) is 0 Å². The first-order chi connectivity index (χ1) is 9.66. The van der Waals surface area contributed by atoms with Crippen molar-refractivity contribution in [2.45, 2.75) is 25.5 Å². The number of hydrogen-bond acceptors (Lipinski definition) is 3. The monoisotopic (exact) mass is 275 g/mol. The molecular weight excluding hydrogens is 258 g/mol. The van der Waals surface area contributed by atoms with Crippen LogP contribution in [0.25, 0.3) is 0 Å². The van der Waals surface area contributed by atoms with Gasteiger partial charge in [0.1, 0.15) is 6.61 Å². The van der Waals surface area contributed by atoms with Gasteiger partial charge in [-0.3, -0.25) is 4.79 Å². The number of carboxylic acids is 1. The number of hydrogen-bond donors (Lipinski definition) is 2. The van der Waals surface area contributed by atoms with Crippen molar-refractivity contribution in [2.75, 3.05) is 0 Å². The number of fused-ring (bicyclic) bond motifs is 1. The van der Waals surface area contributed by atoms with Crippen molar-refractivity contribution in [3.05, 3.63) is 35.9 Å². The fraction of sp³-hybridized carbons (Fsp3) is 0.467. The minimum atomic E-state index is -0.746. The van der Waals surface area contributed by atoms with Gasteiger partial charge in [-0.15, -0.1) is 0 Å². The van der Waals surface area contributed by atoms with Gasteiger partial charge in [-0.25, -0.2) is 4.79 Å². The molecule has 1 aromatic rings. The van der Waals surface area contributed by atoms with Crippen molar-refractivity contribution in [3.63, 3.8) is 0 Å². The van der Waals surface area contributed by atoms with E-state index < -0.39 is 12.1 Å². The molecule has 2 aliphatic rings. The fourth-order valence-corrected chi connectivity index (χ4v) is 3.32. The van der Waals surface area contributed by atoms with Gasteiger partial charge in [-0.2, -0.15) is 0 Å². The number of rotatable bonds is 4. The summed E-state index contributed by atoms with van der Waals surface area (Å²) in [4.78, 5) is 22.7. The molecule has 0 spiro atoms. The van der Waals surface area contributed by atoms with E-state index >= 15 is 0 Å². The summed E-state index contributed by atoms with van der Waals surface area (Å²) < 4.78 is 5.16. The highest BCUT2D eigenvalue weighted by molar-refractivity contribution is 5.75. The van der Waals surface area contributed by atoms with Crippen molar-refractivity contribution in [1.29, 1.82) is 0 Å². The molecular formula is C15H17NO4. The minimum absolute atomic E-state index is 0.0515. The quantitative estimate of drug-likeness (QED) is 0.881. The van der Waals surface area contributed by atoms with Gasteiger partial charge in [0.15, 0.2) is 0 Å². The van der Waals surface area contributed by atoms with Gasteiger partial charge in [-0.05, 0) is 30.2 Å². The Kier molecular flexibility index (Phi) is 3.34. The second-order valence-electron chi connectivity index (χ2n) is 5.50. The summed E-state index contributed by atoms with van der Waals surface area (Å²) in [5.74, 6) is -0.684. The highest BCUT2D eigenvalue weighted by Crippen LogP contribution is 2.57. The van der Waals surface area contributed by atoms with Gasteiger partial charge in [0, 0.05) is 6.04 Å². The molecule has 4 atom stereocenters. The molecule has 2 aliphatic carbocycles. The number of nitrogens with one attached hydrogen (secondary N) is 1. The number of alkyl carbamates (subject to hydrolysis) is 1. The van der Waals surface area contributed by atoms with Crippen LogP contribution in [0.2, 0.25) is 0 Å². The molecule has 0 aliphatic heterocycles. The Hall–Kier alpha value is -2.04. The lowest BCUT2D eigenvalue weighted by Crippen LogP contribution is -2.36. The van der Waals surface area contributed by atoms with E-state index in [2.05, 4.69) is 5.32 Å². The van der Waals surface area contributed by atoms with E-state index in [1.54, 1.807) is 0 Å². The Bertz CT molecular complexity index is 516. The average Bonchev–Trinajstić information content (AvgIpc) is 3.05. The topological polar surface area (TPSA) is 75.6 Å². The fourth-order valence-electron chi connectivity index (χ4n) is 3.32. The van der Waals surface area contributed by atoms with Crippen LogP contribution in [0.15, 0.2) is 30.3 Å². The van der Waals surface area contributed by atoms with Crippen molar-refractivity contribution in [2.24, 2.45) is 17.8 Å². The number of benzene rings is 1. The van der Waals surface area contributed by atoms with Gasteiger partial charge in [0.05, 0.1) is 5.92 Å². The minimum Gasteiger partial charge on any atom is -0.481 e. The first kappa shape index (κ1) is 13.0. The zero-order valence-electron chi connectivity index (χ0n) is 11.0. The Labute approximate surface area is 116 Å². The molecule has 20 heavy (non-hydrogen) atoms. The number of carboxylic acid groups (broad SMARTS) is 1. The number of carbonyl (C=O) groups is 2. The van der Waals surface area contributed by atoms with E-state index in [1.807, 2.05) is 30.3 Å². The summed E-state index contributed by atoms with van der Waals surface area (Å²) in [5, 5.41) is 11.8. The summed E-state index contributed by atoms with van der Waals surface area (Å²) in [6, 6.07) is 9.41. The maximum atomic E-state index is 11.7. The third-order valence-corrected chi connectivity index (χ3v) is 4.31. The second kappa shape index (κ2) is 5.15. The lowest BCUT2D eigenvalue weighted by Gasteiger charge is -2.15. The summed E-state index contributed by atoms with van der Waals surface area (Å²) in [5.41, 5.74) is 0.932. The van der Waals surface area contributed by atoms with E-state index in [1.165, 1.54) is 0 Å². The van der Waals surface area contributed by atoms with E-state index in [0.29, 0.717) is 0 Å². The molecule has 2 fully saturated rings. The Morgan fingerprint density at radius 3 is 2.65 bits per heavy atom. The van der Waals surface area contributed by atoms with Crippen molar-refractivity contribution < 1.29 is 19.4 Å². The molecule has 2 saturated carbocycles. The molecule has 106 valence electrons. The zero-order chi connectivity index (χ0) is 14.1. The van der Waals surface area contributed by atoms with Gasteiger partial charge in [-0.1, -0.05) is 30.3 Å². The maximum Gasteiger partial charge on any atom is 0.407 e. The molecule has 0 radical (unpaired) electrons. The van der Waals surface area contributed by atoms with Crippen molar-refractivity contribution in [1.82, 2.24) is 5.32 Å². The van der Waals surface area contributed by atoms with Gasteiger partial charge < -0.3 is 15.2 Å². The molecule has 3 rings (SSSR count). The van der Waals surface area contributed by atoms with E-state index in [9.17, 15) is 9.59 Å². The maximum absolute atomic E-state index is 11.7. The van der Waals surface area contributed by atoms with Crippen LogP contribution in [0.1, 0.15) is 18.4 Å². The third-order valence-electron chi connectivity index (χ3n) is 4.31. The van der Waals surface area contributed by atoms with Crippen molar-refractivity contribution >= 4 is 12.1 Å². The molecule has 1 amide bonds. The normalized spacial score (nSPS) is 30.4. The first-order valence-electron chi connectivity index (χ1n) is 6.87. The number of aliphatic carboxylic acids is 1. The van der Waals surface area contributed by atoms with Gasteiger partial charge in [0.2, 0.25) is 0 Å². The number of carbonyl (C=O) groups excluding carboxylic acids is 1. The molecule has 0 heterocycles. The third kappa shape index (κ3) is 2.48. The SMILES string of the molecule is O=C(NC1CCC2C(C(=O)O)C12)OCc1ccccc1. The highest BCUT2D eigenvalue weighted by atomic mass is 16.5. The summed E-state index contributed by atoms with van der Waals surface area (Å²) in [7, 11) is 0. The Morgan fingerprint density at radius 2 is 2.00 bits per heavy atom. The van der Waals surface area contributed by atoms with Crippen LogP contribution < -0.4 is 5.32 Å².